The van der Waals surface area contributed by atoms with Crippen LogP contribution in [0.25, 0.3) is 0 Å². The van der Waals surface area contributed by atoms with E-state index in [0.29, 0.717) is 11.3 Å². The monoisotopic (exact) mass is 760 g/mol. The number of phosphoric acid groups is 1. The molecule has 0 saturated carbocycles. The zero-order chi connectivity index (χ0) is 36.0. The molecule has 0 spiro atoms. The third-order valence-corrected chi connectivity index (χ3v) is 10.00. The van der Waals surface area contributed by atoms with Crippen molar-refractivity contribution in [2.75, 3.05) is 30.4 Å². The maximum absolute atomic E-state index is 13.3. The van der Waals surface area contributed by atoms with Crippen molar-refractivity contribution < 1.29 is 63.5 Å². The summed E-state index contributed by atoms with van der Waals surface area (Å²) in [5.41, 5.74) is 0.304. The molecule has 3 aromatic carbocycles. The Bertz CT molecular complexity index is 1710. The Balaban J connectivity index is 0.00000676. The molecule has 1 amide bonds. The molecule has 1 heterocycles. The van der Waals surface area contributed by atoms with Crippen molar-refractivity contribution in [1.29, 1.82) is 0 Å². The fraction of sp³-hybridized carbons (Fsp3) is 0.387. The predicted molar refractivity (Wildman–Crippen MR) is 174 cm³/mol. The minimum atomic E-state index is -4.80. The van der Waals surface area contributed by atoms with Gasteiger partial charge < -0.3 is 29.5 Å². The van der Waals surface area contributed by atoms with Gasteiger partial charge in [0.15, 0.2) is 9.84 Å². The summed E-state index contributed by atoms with van der Waals surface area (Å²) in [6.07, 6.45) is -4.96. The Hall–Kier alpha value is -2.60. The summed E-state index contributed by atoms with van der Waals surface area (Å²) < 4.78 is 115. The molecule has 50 heavy (non-hydrogen) atoms. The van der Waals surface area contributed by atoms with E-state index in [1.807, 2.05) is 0 Å². The van der Waals surface area contributed by atoms with Crippen molar-refractivity contribution in [2.45, 2.75) is 55.6 Å². The number of anilines is 1. The van der Waals surface area contributed by atoms with Crippen molar-refractivity contribution in [3.8, 4) is 5.75 Å². The van der Waals surface area contributed by atoms with Crippen LogP contribution < -0.4 is 15.0 Å². The van der Waals surface area contributed by atoms with Gasteiger partial charge >= 0.3 is 50.2 Å². The third kappa shape index (κ3) is 12.0. The van der Waals surface area contributed by atoms with E-state index < -0.39 is 66.7 Å². The number of benzene rings is 3. The van der Waals surface area contributed by atoms with Crippen LogP contribution in [0.4, 0.5) is 27.6 Å². The van der Waals surface area contributed by atoms with E-state index in [9.17, 15) is 39.7 Å². The van der Waals surface area contributed by atoms with Gasteiger partial charge in [0.2, 0.25) is 0 Å². The first kappa shape index (κ1) is 41.8. The molecule has 0 aromatic heterocycles. The van der Waals surface area contributed by atoms with Crippen molar-refractivity contribution in [3.63, 3.8) is 0 Å². The van der Waals surface area contributed by atoms with E-state index in [1.165, 1.54) is 55.5 Å². The zero-order valence-corrected chi connectivity index (χ0v) is 27.6. The van der Waals surface area contributed by atoms with Crippen LogP contribution >= 0.6 is 7.82 Å². The quantitative estimate of drug-likeness (QED) is 0.109. The van der Waals surface area contributed by atoms with Gasteiger partial charge in [-0.15, -0.1) is 0 Å². The number of hydrogen-bond acceptors (Lipinski definition) is 8. The number of carbonyl (C=O) groups excluding carboxylic acids is 1. The van der Waals surface area contributed by atoms with E-state index >= 15 is 0 Å². The van der Waals surface area contributed by atoms with Crippen molar-refractivity contribution in [3.05, 3.63) is 89.5 Å². The first-order valence-electron chi connectivity index (χ1n) is 14.9. The third-order valence-electron chi connectivity index (χ3n) is 7.73. The van der Waals surface area contributed by atoms with Crippen LogP contribution in [0.3, 0.4) is 0 Å². The van der Waals surface area contributed by atoms with Crippen LogP contribution in [0.15, 0.2) is 77.7 Å². The van der Waals surface area contributed by atoms with Crippen LogP contribution in [0.2, 0.25) is 0 Å². The number of hydrogen-bond donors (Lipinski definition) is 3. The van der Waals surface area contributed by atoms with Crippen LogP contribution in [0, 0.1) is 0 Å². The predicted octanol–water partition coefficient (Wildman–Crippen LogP) is 5.09. The molecule has 1 unspecified atom stereocenters. The molecule has 3 atom stereocenters. The SMILES string of the molecule is CCS(=O)(=O)c1ccc(C(CCOP(=O)(O)O)NC(=O)c2ccc(N3C[C@@H](Oc4ccc(C(F)(F)F)cc4)C[C@H]3COC(F)F)cc2)cc1.[NaH]. The molecule has 270 valence electrons. The normalized spacial score (nSPS) is 17.3. The number of ether oxygens (including phenoxy) is 2. The van der Waals surface area contributed by atoms with Gasteiger partial charge in [-0.1, -0.05) is 19.1 Å². The second-order valence-corrected chi connectivity index (χ2v) is 14.6. The average molecular weight is 761 g/mol. The summed E-state index contributed by atoms with van der Waals surface area (Å²) >= 11 is 0. The Morgan fingerprint density at radius 3 is 2.18 bits per heavy atom. The molecule has 1 fully saturated rings. The minimum absolute atomic E-state index is 0. The molecule has 0 aliphatic carbocycles. The van der Waals surface area contributed by atoms with E-state index in [4.69, 9.17) is 14.5 Å². The van der Waals surface area contributed by atoms with Gasteiger partial charge in [-0.2, -0.15) is 22.0 Å². The molecule has 1 aliphatic heterocycles. The standard InChI is InChI=1S/C31H34F5N2O9PS.Na.H/c1-2-49(43,44)27-13-5-20(6-14-27)28(15-16-46-48(40,41)42)37-29(39)21-3-9-23(10-4-21)38-18-26(17-24(38)19-45-30(32)33)47-25-11-7-22(8-12-25)31(34,35)36;;/h3-14,24,26,28,30H,2,15-19H2,1H3,(H,37,39)(H2,40,41,42);;/t24-,26-,28?;;/m0../s1. The van der Waals surface area contributed by atoms with Crippen LogP contribution in [-0.2, 0) is 29.8 Å². The fourth-order valence-electron chi connectivity index (χ4n) is 5.26. The van der Waals surface area contributed by atoms with Gasteiger partial charge in [0.1, 0.15) is 11.9 Å². The summed E-state index contributed by atoms with van der Waals surface area (Å²) in [6.45, 7) is -2.17. The van der Waals surface area contributed by atoms with Gasteiger partial charge in [-0.25, -0.2) is 13.0 Å². The number of nitrogens with zero attached hydrogens (tertiary/aromatic N) is 1. The maximum atomic E-state index is 13.3. The second kappa shape index (κ2) is 17.8. The summed E-state index contributed by atoms with van der Waals surface area (Å²) in [7, 11) is -8.30. The molecule has 19 heteroatoms. The Kier molecular flexibility index (Phi) is 14.8. The van der Waals surface area contributed by atoms with E-state index in [2.05, 4.69) is 14.6 Å². The number of rotatable bonds is 15. The topological polar surface area (TPSA) is 152 Å². The van der Waals surface area contributed by atoms with Crippen molar-refractivity contribution in [2.24, 2.45) is 0 Å². The van der Waals surface area contributed by atoms with E-state index in [0.717, 1.165) is 12.1 Å². The molecular weight excluding hydrogens is 725 g/mol. The first-order chi connectivity index (χ1) is 22.9. The van der Waals surface area contributed by atoms with Crippen molar-refractivity contribution in [1.82, 2.24) is 5.32 Å². The molecule has 1 saturated heterocycles. The number of phosphoric ester groups is 1. The molecule has 3 aromatic rings. The fourth-order valence-corrected chi connectivity index (χ4v) is 6.49. The molecular formula is C31H35F5N2NaO9PS. The van der Waals surface area contributed by atoms with Gasteiger partial charge in [0.25, 0.3) is 5.91 Å². The van der Waals surface area contributed by atoms with Gasteiger partial charge in [-0.3, -0.25) is 9.32 Å². The molecule has 4 rings (SSSR count). The van der Waals surface area contributed by atoms with Gasteiger partial charge in [0.05, 0.1) is 48.1 Å². The molecule has 0 bridgehead atoms. The van der Waals surface area contributed by atoms with Gasteiger partial charge in [-0.05, 0) is 72.6 Å². The molecule has 0 radical (unpaired) electrons. The molecule has 1 aliphatic rings. The van der Waals surface area contributed by atoms with Crippen molar-refractivity contribution >= 4 is 58.8 Å². The Labute approximate surface area is 307 Å². The number of sulfone groups is 1. The number of amides is 1. The summed E-state index contributed by atoms with van der Waals surface area (Å²) in [4.78, 5) is 33.2. The summed E-state index contributed by atoms with van der Waals surface area (Å²) in [6, 6.07) is 14.5. The molecule has 11 nitrogen and oxygen atoms in total. The van der Waals surface area contributed by atoms with Crippen LogP contribution in [0.1, 0.15) is 47.3 Å². The average Bonchev–Trinajstić information content (AvgIpc) is 3.45. The second-order valence-electron chi connectivity index (χ2n) is 11.1. The summed E-state index contributed by atoms with van der Waals surface area (Å²) in [5, 5.41) is 2.76. The number of carbonyl (C=O) groups is 1. The number of halogens is 5. The zero-order valence-electron chi connectivity index (χ0n) is 25.9. The number of alkyl halides is 5. The van der Waals surface area contributed by atoms with E-state index in [1.54, 1.807) is 17.0 Å². The van der Waals surface area contributed by atoms with Crippen LogP contribution in [-0.4, -0.2) is 97.9 Å². The molecule has 3 N–H and O–H groups in total. The Morgan fingerprint density at radius 1 is 1.02 bits per heavy atom. The Morgan fingerprint density at radius 2 is 1.64 bits per heavy atom. The number of nitrogens with one attached hydrogen (secondary N) is 1. The first-order valence-corrected chi connectivity index (χ1v) is 18.1. The van der Waals surface area contributed by atoms with Gasteiger partial charge in [0, 0.05) is 17.7 Å². The summed E-state index contributed by atoms with van der Waals surface area (Å²) in [5.74, 6) is -0.536. The van der Waals surface area contributed by atoms with E-state index in [-0.39, 0.29) is 77.5 Å². The van der Waals surface area contributed by atoms with Crippen LogP contribution in [0.5, 0.6) is 5.75 Å².